The Hall–Kier alpha value is -2.12. The van der Waals surface area contributed by atoms with Crippen molar-refractivity contribution in [1.29, 1.82) is 0 Å². The molecular weight excluding hydrogens is 387 g/mol. The standard InChI is InChI=1S/C18H13ClF3NO2S/c1-11-2-5-13(6-3-11)26(24,25)10-12-4-7-16-14(8-12)15(19)9-17(23-16)18(20,21)22/h2-9H,10H2,1H3. The molecule has 26 heavy (non-hydrogen) atoms. The van der Waals surface area contributed by atoms with Crippen molar-refractivity contribution in [3.05, 3.63) is 70.4 Å². The molecule has 0 saturated heterocycles. The van der Waals surface area contributed by atoms with Gasteiger partial charge in [0.1, 0.15) is 5.69 Å². The lowest BCUT2D eigenvalue weighted by Crippen LogP contribution is -2.08. The summed E-state index contributed by atoms with van der Waals surface area (Å²) < 4.78 is 63.5. The van der Waals surface area contributed by atoms with E-state index in [4.69, 9.17) is 11.6 Å². The molecule has 8 heteroatoms. The Labute approximate surface area is 153 Å². The van der Waals surface area contributed by atoms with Gasteiger partial charge in [0.05, 0.1) is 21.2 Å². The molecule has 136 valence electrons. The zero-order chi connectivity index (χ0) is 19.1. The van der Waals surface area contributed by atoms with E-state index in [1.807, 2.05) is 6.92 Å². The molecule has 0 aliphatic rings. The predicted molar refractivity (Wildman–Crippen MR) is 93.8 cm³/mol. The monoisotopic (exact) mass is 399 g/mol. The lowest BCUT2D eigenvalue weighted by molar-refractivity contribution is -0.140. The number of nitrogens with zero attached hydrogens (tertiary/aromatic N) is 1. The largest absolute Gasteiger partial charge is 0.433 e. The fraction of sp³-hybridized carbons (Fsp3) is 0.167. The summed E-state index contributed by atoms with van der Waals surface area (Å²) in [5.41, 5.74) is 0.325. The average Bonchev–Trinajstić information content (AvgIpc) is 2.54. The van der Waals surface area contributed by atoms with E-state index in [0.717, 1.165) is 11.6 Å². The fourth-order valence-electron chi connectivity index (χ4n) is 2.52. The van der Waals surface area contributed by atoms with Crippen LogP contribution in [0.3, 0.4) is 0 Å². The van der Waals surface area contributed by atoms with E-state index in [1.54, 1.807) is 12.1 Å². The topological polar surface area (TPSA) is 47.0 Å². The van der Waals surface area contributed by atoms with Crippen LogP contribution in [0.5, 0.6) is 0 Å². The van der Waals surface area contributed by atoms with Gasteiger partial charge >= 0.3 is 6.18 Å². The van der Waals surface area contributed by atoms with Crippen molar-refractivity contribution >= 4 is 32.3 Å². The van der Waals surface area contributed by atoms with Crippen molar-refractivity contribution in [2.75, 3.05) is 0 Å². The lowest BCUT2D eigenvalue weighted by atomic mass is 10.1. The molecule has 1 aromatic heterocycles. The summed E-state index contributed by atoms with van der Waals surface area (Å²) in [7, 11) is -3.59. The Morgan fingerprint density at radius 1 is 1.04 bits per heavy atom. The highest BCUT2D eigenvalue weighted by atomic mass is 35.5. The maximum Gasteiger partial charge on any atom is 0.433 e. The van der Waals surface area contributed by atoms with Crippen LogP contribution in [0.4, 0.5) is 13.2 Å². The molecule has 0 aliphatic heterocycles. The van der Waals surface area contributed by atoms with Crippen LogP contribution in [-0.2, 0) is 21.8 Å². The number of aryl methyl sites for hydroxylation is 1. The van der Waals surface area contributed by atoms with Gasteiger partial charge in [0.2, 0.25) is 0 Å². The first-order valence-corrected chi connectivity index (χ1v) is 9.55. The third-order valence-electron chi connectivity index (χ3n) is 3.85. The van der Waals surface area contributed by atoms with E-state index in [9.17, 15) is 21.6 Å². The molecule has 0 aliphatic carbocycles. The fourth-order valence-corrected chi connectivity index (χ4v) is 4.11. The smallest absolute Gasteiger partial charge is 0.243 e. The average molecular weight is 400 g/mol. The maximum atomic E-state index is 12.8. The van der Waals surface area contributed by atoms with Crippen LogP contribution in [0.25, 0.3) is 10.9 Å². The third kappa shape index (κ3) is 3.83. The van der Waals surface area contributed by atoms with Crippen molar-refractivity contribution in [1.82, 2.24) is 4.98 Å². The molecular formula is C18H13ClF3NO2S. The van der Waals surface area contributed by atoms with Crippen LogP contribution in [0.1, 0.15) is 16.8 Å². The first-order chi connectivity index (χ1) is 12.1. The molecule has 1 heterocycles. The van der Waals surface area contributed by atoms with Crippen molar-refractivity contribution in [2.45, 2.75) is 23.7 Å². The van der Waals surface area contributed by atoms with Crippen LogP contribution < -0.4 is 0 Å². The quantitative estimate of drug-likeness (QED) is 0.609. The molecule has 3 aromatic rings. The zero-order valence-corrected chi connectivity index (χ0v) is 15.1. The second-order valence-corrected chi connectivity index (χ2v) is 8.31. The number of alkyl halides is 3. The molecule has 0 saturated carbocycles. The molecule has 0 atom stereocenters. The van der Waals surface area contributed by atoms with Crippen LogP contribution in [0, 0.1) is 6.92 Å². The van der Waals surface area contributed by atoms with Gasteiger partial charge in [-0.3, -0.25) is 0 Å². The van der Waals surface area contributed by atoms with E-state index in [0.29, 0.717) is 5.56 Å². The molecule has 3 rings (SSSR count). The van der Waals surface area contributed by atoms with Crippen LogP contribution in [0.2, 0.25) is 5.02 Å². The maximum absolute atomic E-state index is 12.8. The van der Waals surface area contributed by atoms with Gasteiger partial charge in [0, 0.05) is 5.39 Å². The highest BCUT2D eigenvalue weighted by molar-refractivity contribution is 7.90. The highest BCUT2D eigenvalue weighted by Crippen LogP contribution is 2.33. The minimum absolute atomic E-state index is 0.0568. The second kappa shape index (κ2) is 6.55. The summed E-state index contributed by atoms with van der Waals surface area (Å²) in [5.74, 6) is -0.288. The van der Waals surface area contributed by atoms with E-state index in [-0.39, 0.29) is 26.6 Å². The first-order valence-electron chi connectivity index (χ1n) is 7.52. The van der Waals surface area contributed by atoms with Crippen molar-refractivity contribution in [2.24, 2.45) is 0 Å². The minimum Gasteiger partial charge on any atom is -0.243 e. The Morgan fingerprint density at radius 3 is 2.31 bits per heavy atom. The van der Waals surface area contributed by atoms with Gasteiger partial charge in [-0.2, -0.15) is 13.2 Å². The summed E-state index contributed by atoms with van der Waals surface area (Å²) in [6.07, 6.45) is -4.61. The highest BCUT2D eigenvalue weighted by Gasteiger charge is 2.33. The van der Waals surface area contributed by atoms with Gasteiger partial charge in [-0.15, -0.1) is 0 Å². The molecule has 0 unspecified atom stereocenters. The van der Waals surface area contributed by atoms with Crippen LogP contribution in [0.15, 0.2) is 53.4 Å². The predicted octanol–water partition coefficient (Wildman–Crippen LogP) is 5.19. The second-order valence-electron chi connectivity index (χ2n) is 5.91. The summed E-state index contributed by atoms with van der Waals surface area (Å²) in [6, 6.07) is 11.4. The molecule has 0 amide bonds. The van der Waals surface area contributed by atoms with Crippen molar-refractivity contribution < 1.29 is 21.6 Å². The van der Waals surface area contributed by atoms with Crippen molar-refractivity contribution in [3.63, 3.8) is 0 Å². The van der Waals surface area contributed by atoms with E-state index < -0.39 is 21.7 Å². The third-order valence-corrected chi connectivity index (χ3v) is 5.87. The number of sulfone groups is 1. The van der Waals surface area contributed by atoms with Gasteiger partial charge in [0.15, 0.2) is 9.84 Å². The van der Waals surface area contributed by atoms with E-state index >= 15 is 0 Å². The number of hydrogen-bond donors (Lipinski definition) is 0. The van der Waals surface area contributed by atoms with Gasteiger partial charge < -0.3 is 0 Å². The molecule has 3 nitrogen and oxygen atoms in total. The zero-order valence-electron chi connectivity index (χ0n) is 13.5. The Balaban J connectivity index is 1.99. The van der Waals surface area contributed by atoms with Crippen molar-refractivity contribution in [3.8, 4) is 0 Å². The van der Waals surface area contributed by atoms with Crippen LogP contribution in [-0.4, -0.2) is 13.4 Å². The number of halogens is 4. The number of hydrogen-bond acceptors (Lipinski definition) is 3. The lowest BCUT2D eigenvalue weighted by Gasteiger charge is -2.10. The molecule has 0 spiro atoms. The molecule has 2 aromatic carbocycles. The molecule has 0 N–H and O–H groups in total. The van der Waals surface area contributed by atoms with Gasteiger partial charge in [-0.1, -0.05) is 35.4 Å². The molecule has 0 radical (unpaired) electrons. The van der Waals surface area contributed by atoms with Gasteiger partial charge in [0.25, 0.3) is 0 Å². The van der Waals surface area contributed by atoms with Gasteiger partial charge in [-0.05, 0) is 42.8 Å². The first kappa shape index (κ1) is 18.7. The Kier molecular flexibility index (Phi) is 4.71. The molecule has 0 fully saturated rings. The number of pyridine rings is 1. The summed E-state index contributed by atoms with van der Waals surface area (Å²) in [5, 5.41) is 0.146. The number of benzene rings is 2. The van der Waals surface area contributed by atoms with Crippen LogP contribution >= 0.6 is 11.6 Å². The number of fused-ring (bicyclic) bond motifs is 1. The van der Waals surface area contributed by atoms with E-state index in [2.05, 4.69) is 4.98 Å². The number of aromatic nitrogens is 1. The Bertz CT molecular complexity index is 1080. The van der Waals surface area contributed by atoms with Gasteiger partial charge in [-0.25, -0.2) is 13.4 Å². The number of rotatable bonds is 3. The molecule has 0 bridgehead atoms. The normalized spacial score (nSPS) is 12.5. The SMILES string of the molecule is Cc1ccc(S(=O)(=O)Cc2ccc3nc(C(F)(F)F)cc(Cl)c3c2)cc1. The summed E-state index contributed by atoms with van der Waals surface area (Å²) in [4.78, 5) is 3.73. The minimum atomic E-state index is -4.61. The van der Waals surface area contributed by atoms with E-state index in [1.165, 1.54) is 30.3 Å². The summed E-state index contributed by atoms with van der Waals surface area (Å²) >= 11 is 5.96. The summed E-state index contributed by atoms with van der Waals surface area (Å²) in [6.45, 7) is 1.85. The Morgan fingerprint density at radius 2 is 1.69 bits per heavy atom.